The van der Waals surface area contributed by atoms with Crippen molar-refractivity contribution < 1.29 is 4.74 Å². The fourth-order valence-corrected chi connectivity index (χ4v) is 4.01. The average Bonchev–Trinajstić information content (AvgIpc) is 3.09. The predicted octanol–water partition coefficient (Wildman–Crippen LogP) is 4.62. The van der Waals surface area contributed by atoms with Crippen molar-refractivity contribution in [3.05, 3.63) is 58.8 Å². The molecule has 0 radical (unpaired) electrons. The maximum absolute atomic E-state index is 6.32. The van der Waals surface area contributed by atoms with Crippen LogP contribution in [0.5, 0.6) is 5.75 Å². The summed E-state index contributed by atoms with van der Waals surface area (Å²) in [4.78, 5) is 4.89. The van der Waals surface area contributed by atoms with Crippen LogP contribution < -0.4 is 9.64 Å². The smallest absolute Gasteiger partial charge is 0.123 e. The van der Waals surface area contributed by atoms with Crippen LogP contribution in [0.4, 0.5) is 5.69 Å². The Kier molecular flexibility index (Phi) is 6.25. The molecule has 1 saturated heterocycles. The monoisotopic (exact) mass is 418 g/mol. The van der Waals surface area contributed by atoms with Crippen LogP contribution in [0.1, 0.15) is 12.8 Å². The van der Waals surface area contributed by atoms with E-state index in [1.54, 1.807) is 10.7 Å². The van der Waals surface area contributed by atoms with E-state index in [4.69, 9.17) is 27.9 Å². The van der Waals surface area contributed by atoms with E-state index in [2.05, 4.69) is 21.0 Å². The number of para-hydroxylation sites is 1. The summed E-state index contributed by atoms with van der Waals surface area (Å²) < 4.78 is 7.62. The molecular formula is C21H24Cl2N4O. The highest BCUT2D eigenvalue weighted by molar-refractivity contribution is 6.33. The van der Waals surface area contributed by atoms with Crippen molar-refractivity contribution in [3.63, 3.8) is 0 Å². The molecule has 0 aliphatic carbocycles. The van der Waals surface area contributed by atoms with Crippen molar-refractivity contribution in [3.8, 4) is 5.75 Å². The van der Waals surface area contributed by atoms with Crippen LogP contribution in [0.25, 0.3) is 5.52 Å². The minimum Gasteiger partial charge on any atom is -0.493 e. The molecule has 1 aromatic carbocycles. The molecule has 1 fully saturated rings. The number of piperazine rings is 1. The third-order valence-corrected chi connectivity index (χ3v) is 5.76. The van der Waals surface area contributed by atoms with Gasteiger partial charge < -0.3 is 9.64 Å². The zero-order chi connectivity index (χ0) is 19.3. The molecule has 0 unspecified atom stereocenters. The number of ether oxygens (including phenoxy) is 1. The van der Waals surface area contributed by atoms with Crippen LogP contribution in [0, 0.1) is 0 Å². The first-order valence-corrected chi connectivity index (χ1v) is 10.4. The molecule has 3 aromatic rings. The number of hydrogen-bond donors (Lipinski definition) is 0. The lowest BCUT2D eigenvalue weighted by Crippen LogP contribution is -2.46. The number of rotatable bonds is 7. The Morgan fingerprint density at radius 3 is 2.61 bits per heavy atom. The number of fused-ring (bicyclic) bond motifs is 1. The predicted molar refractivity (Wildman–Crippen MR) is 115 cm³/mol. The highest BCUT2D eigenvalue weighted by atomic mass is 35.5. The van der Waals surface area contributed by atoms with Gasteiger partial charge in [0.1, 0.15) is 5.75 Å². The Labute approximate surface area is 175 Å². The SMILES string of the molecule is Clc1ccccc1N1CCN(CCCCOc2ccn3ncc(Cl)c3c2)CC1. The molecule has 5 nitrogen and oxygen atoms in total. The molecule has 0 spiro atoms. The van der Waals surface area contributed by atoms with E-state index in [9.17, 15) is 0 Å². The number of pyridine rings is 1. The molecule has 2 aromatic heterocycles. The number of unbranched alkanes of at least 4 members (excludes halogenated alkanes) is 1. The Bertz CT molecular complexity index is 922. The number of nitrogens with zero attached hydrogens (tertiary/aromatic N) is 4. The molecule has 0 N–H and O–H groups in total. The lowest BCUT2D eigenvalue weighted by atomic mass is 10.2. The van der Waals surface area contributed by atoms with Crippen LogP contribution in [0.2, 0.25) is 10.0 Å². The van der Waals surface area contributed by atoms with Crippen LogP contribution in [0.3, 0.4) is 0 Å². The van der Waals surface area contributed by atoms with Crippen molar-refractivity contribution in [2.45, 2.75) is 12.8 Å². The van der Waals surface area contributed by atoms with Gasteiger partial charge in [-0.15, -0.1) is 0 Å². The van der Waals surface area contributed by atoms with Gasteiger partial charge in [-0.3, -0.25) is 4.90 Å². The fourth-order valence-electron chi connectivity index (χ4n) is 3.57. The van der Waals surface area contributed by atoms with E-state index in [1.807, 2.05) is 36.5 Å². The molecule has 0 bridgehead atoms. The van der Waals surface area contributed by atoms with Gasteiger partial charge >= 0.3 is 0 Å². The van der Waals surface area contributed by atoms with Gasteiger partial charge in [0.05, 0.1) is 34.1 Å². The summed E-state index contributed by atoms with van der Waals surface area (Å²) in [5.41, 5.74) is 2.02. The fraction of sp³-hybridized carbons (Fsp3) is 0.381. The summed E-state index contributed by atoms with van der Waals surface area (Å²) in [5.74, 6) is 0.836. The Hall–Kier alpha value is -1.95. The third kappa shape index (κ3) is 4.54. The maximum Gasteiger partial charge on any atom is 0.123 e. The Morgan fingerprint density at radius 2 is 1.79 bits per heavy atom. The number of aromatic nitrogens is 2. The molecule has 0 saturated carbocycles. The highest BCUT2D eigenvalue weighted by Crippen LogP contribution is 2.26. The molecular weight excluding hydrogens is 395 g/mol. The van der Waals surface area contributed by atoms with E-state index in [-0.39, 0.29) is 0 Å². The van der Waals surface area contributed by atoms with Crippen molar-refractivity contribution in [2.75, 3.05) is 44.2 Å². The molecule has 7 heteroatoms. The zero-order valence-corrected chi connectivity index (χ0v) is 17.2. The van der Waals surface area contributed by atoms with Gasteiger partial charge in [0.25, 0.3) is 0 Å². The first-order valence-electron chi connectivity index (χ1n) is 9.68. The molecule has 148 valence electrons. The topological polar surface area (TPSA) is 33.0 Å². The molecule has 28 heavy (non-hydrogen) atoms. The van der Waals surface area contributed by atoms with Gasteiger partial charge in [0.15, 0.2) is 0 Å². The Balaban J connectivity index is 1.16. The van der Waals surface area contributed by atoms with Gasteiger partial charge in [0, 0.05) is 38.4 Å². The molecule has 0 amide bonds. The largest absolute Gasteiger partial charge is 0.493 e. The van der Waals surface area contributed by atoms with Gasteiger partial charge in [-0.05, 0) is 37.6 Å². The zero-order valence-electron chi connectivity index (χ0n) is 15.7. The minimum absolute atomic E-state index is 0.640. The van der Waals surface area contributed by atoms with Gasteiger partial charge in [-0.2, -0.15) is 5.10 Å². The molecule has 0 atom stereocenters. The summed E-state index contributed by atoms with van der Waals surface area (Å²) in [5, 5.41) is 5.64. The lowest BCUT2D eigenvalue weighted by molar-refractivity contribution is 0.238. The van der Waals surface area contributed by atoms with E-state index >= 15 is 0 Å². The second kappa shape index (κ2) is 9.03. The van der Waals surface area contributed by atoms with Gasteiger partial charge in [0.2, 0.25) is 0 Å². The summed E-state index contributed by atoms with van der Waals surface area (Å²) in [7, 11) is 0. The lowest BCUT2D eigenvalue weighted by Gasteiger charge is -2.36. The second-order valence-electron chi connectivity index (χ2n) is 7.02. The number of anilines is 1. The summed E-state index contributed by atoms with van der Waals surface area (Å²) in [6.07, 6.45) is 5.67. The van der Waals surface area contributed by atoms with Crippen LogP contribution in [0.15, 0.2) is 48.8 Å². The minimum atomic E-state index is 0.640. The quantitative estimate of drug-likeness (QED) is 0.524. The summed E-state index contributed by atoms with van der Waals surface area (Å²) in [6.45, 7) is 6.00. The van der Waals surface area contributed by atoms with Crippen molar-refractivity contribution in [1.82, 2.24) is 14.5 Å². The number of hydrogen-bond acceptors (Lipinski definition) is 4. The van der Waals surface area contributed by atoms with Crippen LogP contribution in [-0.2, 0) is 0 Å². The van der Waals surface area contributed by atoms with E-state index in [1.165, 1.54) is 0 Å². The van der Waals surface area contributed by atoms with Crippen LogP contribution >= 0.6 is 23.2 Å². The molecule has 3 heterocycles. The summed E-state index contributed by atoms with van der Waals surface area (Å²) >= 11 is 12.4. The van der Waals surface area contributed by atoms with E-state index < -0.39 is 0 Å². The van der Waals surface area contributed by atoms with Gasteiger partial charge in [-0.1, -0.05) is 35.3 Å². The van der Waals surface area contributed by atoms with Crippen molar-refractivity contribution >= 4 is 34.4 Å². The second-order valence-corrected chi connectivity index (χ2v) is 7.83. The maximum atomic E-state index is 6.32. The first-order chi connectivity index (χ1) is 13.7. The molecule has 4 rings (SSSR count). The first kappa shape index (κ1) is 19.4. The number of benzene rings is 1. The molecule has 1 aliphatic heterocycles. The van der Waals surface area contributed by atoms with Crippen molar-refractivity contribution in [1.29, 1.82) is 0 Å². The third-order valence-electron chi connectivity index (χ3n) is 5.15. The Morgan fingerprint density at radius 1 is 0.964 bits per heavy atom. The van der Waals surface area contributed by atoms with E-state index in [0.29, 0.717) is 11.6 Å². The highest BCUT2D eigenvalue weighted by Gasteiger charge is 2.18. The van der Waals surface area contributed by atoms with E-state index in [0.717, 1.165) is 67.5 Å². The van der Waals surface area contributed by atoms with Gasteiger partial charge in [-0.25, -0.2) is 4.52 Å². The average molecular weight is 419 g/mol. The number of halogens is 2. The molecule has 1 aliphatic rings. The summed E-state index contributed by atoms with van der Waals surface area (Å²) in [6, 6.07) is 11.9. The van der Waals surface area contributed by atoms with Crippen LogP contribution in [-0.4, -0.2) is 53.8 Å². The normalized spacial score (nSPS) is 15.3. The van der Waals surface area contributed by atoms with Crippen molar-refractivity contribution in [2.24, 2.45) is 0 Å². The standard InChI is InChI=1S/C21H24Cl2N4O/c22-18-5-1-2-6-20(18)26-12-10-25(11-13-26)8-3-4-14-28-17-7-9-27-21(15-17)19(23)16-24-27/h1-2,5-7,9,15-16H,3-4,8,10-14H2.